The van der Waals surface area contributed by atoms with Crippen LogP contribution in [0.3, 0.4) is 0 Å². The summed E-state index contributed by atoms with van der Waals surface area (Å²) in [6.45, 7) is 3.43. The molecule has 8 nitrogen and oxygen atoms in total. The van der Waals surface area contributed by atoms with E-state index in [1.54, 1.807) is 24.7 Å². The number of aromatic nitrogens is 4. The molecule has 3 rings (SSSR count). The van der Waals surface area contributed by atoms with Gasteiger partial charge in [0.15, 0.2) is 0 Å². The number of anilines is 2. The summed E-state index contributed by atoms with van der Waals surface area (Å²) in [5, 5.41) is 3.09. The predicted molar refractivity (Wildman–Crippen MR) is 95.8 cm³/mol. The maximum absolute atomic E-state index is 12.6. The zero-order chi connectivity index (χ0) is 17.8. The SMILES string of the molecule is Cc1nc(N(C)C)ncc1C(=O)N[C@H]1CCCN(c2ncccn2)C1. The van der Waals surface area contributed by atoms with Gasteiger partial charge in [-0.15, -0.1) is 0 Å². The number of rotatable bonds is 4. The van der Waals surface area contributed by atoms with E-state index < -0.39 is 0 Å². The molecular formula is C17H23N7O. The molecule has 0 bridgehead atoms. The van der Waals surface area contributed by atoms with Crippen molar-refractivity contribution in [3.05, 3.63) is 35.9 Å². The molecule has 0 radical (unpaired) electrons. The number of carbonyl (C=O) groups is 1. The minimum atomic E-state index is -0.136. The highest BCUT2D eigenvalue weighted by Crippen LogP contribution is 2.16. The van der Waals surface area contributed by atoms with Gasteiger partial charge < -0.3 is 15.1 Å². The molecule has 8 heteroatoms. The van der Waals surface area contributed by atoms with E-state index >= 15 is 0 Å². The van der Waals surface area contributed by atoms with Gasteiger partial charge in [0, 0.05) is 51.8 Å². The van der Waals surface area contributed by atoms with Crippen LogP contribution in [0.2, 0.25) is 0 Å². The minimum Gasteiger partial charge on any atom is -0.347 e. The molecule has 1 atom stereocenters. The molecule has 25 heavy (non-hydrogen) atoms. The van der Waals surface area contributed by atoms with Gasteiger partial charge in [0.2, 0.25) is 11.9 Å². The Balaban J connectivity index is 1.66. The van der Waals surface area contributed by atoms with Crippen molar-refractivity contribution in [1.29, 1.82) is 0 Å². The number of hydrogen-bond acceptors (Lipinski definition) is 7. The second-order valence-electron chi connectivity index (χ2n) is 6.37. The van der Waals surface area contributed by atoms with E-state index in [0.29, 0.717) is 29.7 Å². The van der Waals surface area contributed by atoms with Gasteiger partial charge in [0.05, 0.1) is 11.3 Å². The number of piperidine rings is 1. The maximum atomic E-state index is 12.6. The summed E-state index contributed by atoms with van der Waals surface area (Å²) in [6.07, 6.45) is 6.98. The molecule has 2 aromatic heterocycles. The van der Waals surface area contributed by atoms with E-state index in [2.05, 4.69) is 30.2 Å². The van der Waals surface area contributed by atoms with E-state index in [1.165, 1.54) is 0 Å². The van der Waals surface area contributed by atoms with Gasteiger partial charge >= 0.3 is 0 Å². The third-order valence-electron chi connectivity index (χ3n) is 4.20. The van der Waals surface area contributed by atoms with Crippen molar-refractivity contribution in [1.82, 2.24) is 25.3 Å². The van der Waals surface area contributed by atoms with Crippen molar-refractivity contribution in [3.63, 3.8) is 0 Å². The Hall–Kier alpha value is -2.77. The Kier molecular flexibility index (Phi) is 5.06. The monoisotopic (exact) mass is 341 g/mol. The topological polar surface area (TPSA) is 87.1 Å². The molecule has 132 valence electrons. The van der Waals surface area contributed by atoms with E-state index in [0.717, 1.165) is 19.4 Å². The summed E-state index contributed by atoms with van der Waals surface area (Å²) in [4.78, 5) is 33.7. The summed E-state index contributed by atoms with van der Waals surface area (Å²) in [6, 6.07) is 1.85. The van der Waals surface area contributed by atoms with Crippen LogP contribution < -0.4 is 15.1 Å². The number of nitrogens with one attached hydrogen (secondary N) is 1. The average Bonchev–Trinajstić information content (AvgIpc) is 2.62. The second-order valence-corrected chi connectivity index (χ2v) is 6.37. The van der Waals surface area contributed by atoms with E-state index in [9.17, 15) is 4.79 Å². The largest absolute Gasteiger partial charge is 0.347 e. The summed E-state index contributed by atoms with van der Waals surface area (Å²) in [5.41, 5.74) is 1.19. The molecule has 1 amide bonds. The fraction of sp³-hybridized carbons (Fsp3) is 0.471. The number of amides is 1. The van der Waals surface area contributed by atoms with Gasteiger partial charge in [-0.3, -0.25) is 4.79 Å². The third-order valence-corrected chi connectivity index (χ3v) is 4.20. The van der Waals surface area contributed by atoms with Gasteiger partial charge in [0.1, 0.15) is 0 Å². The van der Waals surface area contributed by atoms with Crippen LogP contribution in [0.4, 0.5) is 11.9 Å². The summed E-state index contributed by atoms with van der Waals surface area (Å²) in [5.74, 6) is 1.17. The predicted octanol–water partition coefficient (Wildman–Crippen LogP) is 1.04. The second kappa shape index (κ2) is 7.42. The number of carbonyl (C=O) groups excluding carboxylic acids is 1. The van der Waals surface area contributed by atoms with Gasteiger partial charge in [-0.1, -0.05) is 0 Å². The molecule has 1 saturated heterocycles. The van der Waals surface area contributed by atoms with Gasteiger partial charge in [-0.05, 0) is 25.8 Å². The number of nitrogens with zero attached hydrogens (tertiary/aromatic N) is 6. The molecule has 2 aromatic rings. The van der Waals surface area contributed by atoms with Crippen molar-refractivity contribution in [2.45, 2.75) is 25.8 Å². The molecule has 0 unspecified atom stereocenters. The van der Waals surface area contributed by atoms with Gasteiger partial charge in [0.25, 0.3) is 5.91 Å². The lowest BCUT2D eigenvalue weighted by Crippen LogP contribution is -2.48. The van der Waals surface area contributed by atoms with Gasteiger partial charge in [-0.25, -0.2) is 19.9 Å². The first kappa shape index (κ1) is 17.1. The van der Waals surface area contributed by atoms with Crippen LogP contribution in [0.15, 0.2) is 24.7 Å². The molecule has 0 spiro atoms. The Morgan fingerprint density at radius 1 is 1.28 bits per heavy atom. The first-order valence-corrected chi connectivity index (χ1v) is 8.38. The molecule has 1 aliphatic rings. The average molecular weight is 341 g/mol. The fourth-order valence-electron chi connectivity index (χ4n) is 2.89. The lowest BCUT2D eigenvalue weighted by atomic mass is 10.1. The zero-order valence-corrected chi connectivity index (χ0v) is 14.8. The molecule has 1 N–H and O–H groups in total. The lowest BCUT2D eigenvalue weighted by molar-refractivity contribution is 0.0931. The summed E-state index contributed by atoms with van der Waals surface area (Å²) < 4.78 is 0. The first-order chi connectivity index (χ1) is 12.0. The third kappa shape index (κ3) is 4.01. The number of aryl methyl sites for hydroxylation is 1. The smallest absolute Gasteiger partial charge is 0.254 e. The summed E-state index contributed by atoms with van der Waals surface area (Å²) >= 11 is 0. The molecule has 3 heterocycles. The highest BCUT2D eigenvalue weighted by molar-refractivity contribution is 5.95. The normalized spacial score (nSPS) is 17.2. The quantitative estimate of drug-likeness (QED) is 0.889. The standard InChI is InChI=1S/C17H23N7O/c1-12-14(10-20-17(21-12)23(2)3)15(25)22-13-6-4-9-24(11-13)16-18-7-5-8-19-16/h5,7-8,10,13H,4,6,9,11H2,1-3H3,(H,22,25)/t13-/m0/s1. The van der Waals surface area contributed by atoms with Crippen LogP contribution >= 0.6 is 0 Å². The first-order valence-electron chi connectivity index (χ1n) is 8.38. The Morgan fingerprint density at radius 3 is 2.72 bits per heavy atom. The van der Waals surface area contributed by atoms with E-state index in [4.69, 9.17) is 0 Å². The molecule has 0 saturated carbocycles. The molecule has 1 aliphatic heterocycles. The van der Waals surface area contributed by atoms with Crippen molar-refractivity contribution in [3.8, 4) is 0 Å². The van der Waals surface area contributed by atoms with Crippen LogP contribution in [0.5, 0.6) is 0 Å². The van der Waals surface area contributed by atoms with Crippen LogP contribution in [0.25, 0.3) is 0 Å². The maximum Gasteiger partial charge on any atom is 0.254 e. The van der Waals surface area contributed by atoms with Crippen LogP contribution in [-0.4, -0.2) is 59.1 Å². The number of hydrogen-bond donors (Lipinski definition) is 1. The Labute approximate surface area is 147 Å². The van der Waals surface area contributed by atoms with Crippen molar-refractivity contribution >= 4 is 17.8 Å². The molecular weight excluding hydrogens is 318 g/mol. The van der Waals surface area contributed by atoms with Crippen molar-refractivity contribution in [2.24, 2.45) is 0 Å². The van der Waals surface area contributed by atoms with Crippen molar-refractivity contribution in [2.75, 3.05) is 37.0 Å². The Bertz CT molecular complexity index is 735. The highest BCUT2D eigenvalue weighted by atomic mass is 16.1. The van der Waals surface area contributed by atoms with Crippen LogP contribution in [0.1, 0.15) is 28.9 Å². The summed E-state index contributed by atoms with van der Waals surface area (Å²) in [7, 11) is 3.74. The van der Waals surface area contributed by atoms with Crippen molar-refractivity contribution < 1.29 is 4.79 Å². The molecule has 1 fully saturated rings. The zero-order valence-electron chi connectivity index (χ0n) is 14.8. The minimum absolute atomic E-state index is 0.0537. The fourth-order valence-corrected chi connectivity index (χ4v) is 2.89. The van der Waals surface area contributed by atoms with E-state index in [-0.39, 0.29) is 11.9 Å². The molecule has 0 aromatic carbocycles. The lowest BCUT2D eigenvalue weighted by Gasteiger charge is -2.33. The Morgan fingerprint density at radius 2 is 2.04 bits per heavy atom. The van der Waals surface area contributed by atoms with Crippen LogP contribution in [0, 0.1) is 6.92 Å². The highest BCUT2D eigenvalue weighted by Gasteiger charge is 2.24. The van der Waals surface area contributed by atoms with E-state index in [1.807, 2.05) is 25.9 Å². The molecule has 0 aliphatic carbocycles. The van der Waals surface area contributed by atoms with Crippen LogP contribution in [-0.2, 0) is 0 Å². The van der Waals surface area contributed by atoms with Gasteiger partial charge in [-0.2, -0.15) is 0 Å².